The van der Waals surface area contributed by atoms with Crippen LogP contribution < -0.4 is 10.6 Å². The SMILES string of the molecule is CCC(CC)C(=O)NC[C@@H]1CCCNC1. The van der Waals surface area contributed by atoms with E-state index in [4.69, 9.17) is 0 Å². The van der Waals surface area contributed by atoms with Crippen LogP contribution in [0.25, 0.3) is 0 Å². The molecule has 0 unspecified atom stereocenters. The number of amides is 1. The molecule has 1 saturated heterocycles. The molecule has 1 fully saturated rings. The standard InChI is InChI=1S/C12H24N2O/c1-3-11(4-2)12(15)14-9-10-6-5-7-13-8-10/h10-11,13H,3-9H2,1-2H3,(H,14,15)/t10-/m1/s1. The Kier molecular flexibility index (Phi) is 5.69. The molecule has 3 heteroatoms. The third kappa shape index (κ3) is 4.20. The summed E-state index contributed by atoms with van der Waals surface area (Å²) in [5, 5.41) is 6.44. The van der Waals surface area contributed by atoms with Gasteiger partial charge >= 0.3 is 0 Å². The minimum Gasteiger partial charge on any atom is -0.356 e. The summed E-state index contributed by atoms with van der Waals surface area (Å²) in [4.78, 5) is 11.7. The molecule has 1 atom stereocenters. The second-order valence-electron chi connectivity index (χ2n) is 4.47. The van der Waals surface area contributed by atoms with E-state index in [0.717, 1.165) is 32.5 Å². The van der Waals surface area contributed by atoms with Gasteiger partial charge in [-0.1, -0.05) is 13.8 Å². The molecule has 1 heterocycles. The van der Waals surface area contributed by atoms with Crippen LogP contribution in [0.4, 0.5) is 0 Å². The Morgan fingerprint density at radius 3 is 2.73 bits per heavy atom. The molecule has 0 spiro atoms. The summed E-state index contributed by atoms with van der Waals surface area (Å²) >= 11 is 0. The highest BCUT2D eigenvalue weighted by molar-refractivity contribution is 5.78. The fourth-order valence-electron chi connectivity index (χ4n) is 2.15. The number of rotatable bonds is 5. The van der Waals surface area contributed by atoms with Crippen molar-refractivity contribution in [2.45, 2.75) is 39.5 Å². The Hall–Kier alpha value is -0.570. The van der Waals surface area contributed by atoms with Crippen LogP contribution in [-0.2, 0) is 4.79 Å². The van der Waals surface area contributed by atoms with E-state index in [1.54, 1.807) is 0 Å². The summed E-state index contributed by atoms with van der Waals surface area (Å²) in [6.07, 6.45) is 4.39. The summed E-state index contributed by atoms with van der Waals surface area (Å²) < 4.78 is 0. The number of hydrogen-bond acceptors (Lipinski definition) is 2. The smallest absolute Gasteiger partial charge is 0.223 e. The Balaban J connectivity index is 2.20. The average Bonchev–Trinajstić information content (AvgIpc) is 2.29. The first kappa shape index (κ1) is 12.5. The predicted molar refractivity (Wildman–Crippen MR) is 62.7 cm³/mol. The first-order chi connectivity index (χ1) is 7.27. The second kappa shape index (κ2) is 6.83. The molecule has 0 aromatic rings. The first-order valence-corrected chi connectivity index (χ1v) is 6.26. The number of carbonyl (C=O) groups excluding carboxylic acids is 1. The van der Waals surface area contributed by atoms with E-state index in [2.05, 4.69) is 24.5 Å². The lowest BCUT2D eigenvalue weighted by atomic mass is 9.98. The van der Waals surface area contributed by atoms with Gasteiger partial charge in [-0.25, -0.2) is 0 Å². The van der Waals surface area contributed by atoms with Gasteiger partial charge in [0, 0.05) is 12.5 Å². The van der Waals surface area contributed by atoms with Gasteiger partial charge in [0.15, 0.2) is 0 Å². The maximum atomic E-state index is 11.7. The van der Waals surface area contributed by atoms with Gasteiger partial charge in [-0.05, 0) is 44.7 Å². The maximum Gasteiger partial charge on any atom is 0.223 e. The van der Waals surface area contributed by atoms with Crippen LogP contribution in [-0.4, -0.2) is 25.5 Å². The number of carbonyl (C=O) groups is 1. The molecule has 0 bridgehead atoms. The lowest BCUT2D eigenvalue weighted by Crippen LogP contribution is -2.39. The highest BCUT2D eigenvalue weighted by Gasteiger charge is 2.17. The second-order valence-corrected chi connectivity index (χ2v) is 4.47. The number of nitrogens with one attached hydrogen (secondary N) is 2. The summed E-state index contributed by atoms with van der Waals surface area (Å²) in [5.41, 5.74) is 0. The zero-order chi connectivity index (χ0) is 11.1. The highest BCUT2D eigenvalue weighted by atomic mass is 16.1. The van der Waals surface area contributed by atoms with E-state index in [9.17, 15) is 4.79 Å². The molecule has 1 amide bonds. The molecule has 0 aromatic carbocycles. The van der Waals surface area contributed by atoms with Crippen molar-refractivity contribution in [3.63, 3.8) is 0 Å². The molecule has 0 saturated carbocycles. The van der Waals surface area contributed by atoms with Crippen molar-refractivity contribution in [1.29, 1.82) is 0 Å². The molecule has 88 valence electrons. The van der Waals surface area contributed by atoms with Crippen LogP contribution in [0, 0.1) is 11.8 Å². The molecule has 1 aliphatic rings. The van der Waals surface area contributed by atoms with Gasteiger partial charge in [0.25, 0.3) is 0 Å². The molecule has 0 radical (unpaired) electrons. The van der Waals surface area contributed by atoms with Crippen molar-refractivity contribution in [3.05, 3.63) is 0 Å². The van der Waals surface area contributed by atoms with E-state index in [0.29, 0.717) is 5.92 Å². The van der Waals surface area contributed by atoms with Crippen molar-refractivity contribution in [2.75, 3.05) is 19.6 Å². The minimum atomic E-state index is 0.210. The van der Waals surface area contributed by atoms with E-state index < -0.39 is 0 Å². The van der Waals surface area contributed by atoms with Crippen molar-refractivity contribution in [2.24, 2.45) is 11.8 Å². The van der Waals surface area contributed by atoms with Crippen molar-refractivity contribution >= 4 is 5.91 Å². The Morgan fingerprint density at radius 2 is 2.20 bits per heavy atom. The maximum absolute atomic E-state index is 11.7. The van der Waals surface area contributed by atoms with Crippen LogP contribution in [0.1, 0.15) is 39.5 Å². The van der Waals surface area contributed by atoms with Gasteiger partial charge in [0.1, 0.15) is 0 Å². The molecular weight excluding hydrogens is 188 g/mol. The zero-order valence-electron chi connectivity index (χ0n) is 10.0. The van der Waals surface area contributed by atoms with Crippen LogP contribution in [0.5, 0.6) is 0 Å². The van der Waals surface area contributed by atoms with Gasteiger partial charge in [-0.15, -0.1) is 0 Å². The summed E-state index contributed by atoms with van der Waals surface area (Å²) in [6.45, 7) is 7.20. The monoisotopic (exact) mass is 212 g/mol. The topological polar surface area (TPSA) is 41.1 Å². The molecule has 3 nitrogen and oxygen atoms in total. The van der Waals surface area contributed by atoms with Gasteiger partial charge in [-0.3, -0.25) is 4.79 Å². The van der Waals surface area contributed by atoms with E-state index in [1.165, 1.54) is 12.8 Å². The Bertz CT molecular complexity index is 184. The largest absolute Gasteiger partial charge is 0.356 e. The third-order valence-electron chi connectivity index (χ3n) is 3.32. The first-order valence-electron chi connectivity index (χ1n) is 6.26. The van der Waals surface area contributed by atoms with Crippen LogP contribution >= 0.6 is 0 Å². The van der Waals surface area contributed by atoms with Crippen molar-refractivity contribution < 1.29 is 4.79 Å². The molecule has 2 N–H and O–H groups in total. The molecule has 1 aliphatic heterocycles. The van der Waals surface area contributed by atoms with Crippen molar-refractivity contribution in [3.8, 4) is 0 Å². The van der Waals surface area contributed by atoms with Gasteiger partial charge in [-0.2, -0.15) is 0 Å². The van der Waals surface area contributed by atoms with Gasteiger partial charge < -0.3 is 10.6 Å². The lowest BCUT2D eigenvalue weighted by Gasteiger charge is -2.23. The normalized spacial score (nSPS) is 21.7. The third-order valence-corrected chi connectivity index (χ3v) is 3.32. The highest BCUT2D eigenvalue weighted by Crippen LogP contribution is 2.10. The van der Waals surface area contributed by atoms with E-state index in [-0.39, 0.29) is 11.8 Å². The molecule has 1 rings (SSSR count). The predicted octanol–water partition coefficient (Wildman–Crippen LogP) is 1.54. The molecule has 0 aliphatic carbocycles. The van der Waals surface area contributed by atoms with E-state index in [1.807, 2.05) is 0 Å². The van der Waals surface area contributed by atoms with Gasteiger partial charge in [0.05, 0.1) is 0 Å². The van der Waals surface area contributed by atoms with Crippen LogP contribution in [0.15, 0.2) is 0 Å². The molecule has 15 heavy (non-hydrogen) atoms. The fraction of sp³-hybridized carbons (Fsp3) is 0.917. The summed E-state index contributed by atoms with van der Waals surface area (Å²) in [7, 11) is 0. The van der Waals surface area contributed by atoms with Gasteiger partial charge in [0.2, 0.25) is 5.91 Å². The summed E-state index contributed by atoms with van der Waals surface area (Å²) in [5.74, 6) is 1.09. The van der Waals surface area contributed by atoms with E-state index >= 15 is 0 Å². The number of piperidine rings is 1. The Labute approximate surface area is 93.0 Å². The molecule has 0 aromatic heterocycles. The average molecular weight is 212 g/mol. The summed E-state index contributed by atoms with van der Waals surface area (Å²) in [6, 6.07) is 0. The fourth-order valence-corrected chi connectivity index (χ4v) is 2.15. The minimum absolute atomic E-state index is 0.210. The van der Waals surface area contributed by atoms with Crippen molar-refractivity contribution in [1.82, 2.24) is 10.6 Å². The van der Waals surface area contributed by atoms with Crippen LogP contribution in [0.3, 0.4) is 0 Å². The Morgan fingerprint density at radius 1 is 1.47 bits per heavy atom. The quantitative estimate of drug-likeness (QED) is 0.726. The molecular formula is C12H24N2O. The van der Waals surface area contributed by atoms with Crippen LogP contribution in [0.2, 0.25) is 0 Å². The lowest BCUT2D eigenvalue weighted by molar-refractivity contribution is -0.125. The number of hydrogen-bond donors (Lipinski definition) is 2. The zero-order valence-corrected chi connectivity index (χ0v) is 10.0.